The molecule has 1 amide bonds. The maximum atomic E-state index is 11.8. The van der Waals surface area contributed by atoms with Gasteiger partial charge in [-0.25, -0.2) is 24.5 Å². The zero-order valence-electron chi connectivity index (χ0n) is 16.5. The van der Waals surface area contributed by atoms with Gasteiger partial charge in [-0.05, 0) is 32.1 Å². The summed E-state index contributed by atoms with van der Waals surface area (Å²) in [4.78, 5) is 35.3. The van der Waals surface area contributed by atoms with Gasteiger partial charge in [-0.2, -0.15) is 0 Å². The molecule has 2 aromatic heterocycles. The number of unbranched alkanes of at least 4 members (excludes halogenated alkanes) is 2. The fourth-order valence-electron chi connectivity index (χ4n) is 2.76. The van der Waals surface area contributed by atoms with Crippen molar-refractivity contribution in [3.05, 3.63) is 12.7 Å². The van der Waals surface area contributed by atoms with Crippen molar-refractivity contribution in [3.63, 3.8) is 0 Å². The molecule has 1 atom stereocenters. The number of hydrogen-bond acceptors (Lipinski definition) is 8. The molecule has 0 aliphatic carbocycles. The fourth-order valence-corrected chi connectivity index (χ4v) is 2.76. The monoisotopic (exact) mass is 421 g/mol. The minimum absolute atomic E-state index is 0.184. The lowest BCUT2D eigenvalue weighted by atomic mass is 10.1. The Bertz CT molecular complexity index is 870. The first kappa shape index (κ1) is 22.6. The molecule has 0 saturated carbocycles. The number of nitrogens with zero attached hydrogens (tertiary/aromatic N) is 4. The number of guanidine groups is 1. The molecule has 0 aliphatic rings. The second-order valence-corrected chi connectivity index (χ2v) is 6.58. The van der Waals surface area contributed by atoms with Crippen molar-refractivity contribution in [3.8, 4) is 0 Å². The van der Waals surface area contributed by atoms with E-state index >= 15 is 0 Å². The third kappa shape index (κ3) is 7.07. The lowest BCUT2D eigenvalue weighted by Gasteiger charge is -2.14. The fraction of sp³-hybridized carbons (Fsp3) is 0.529. The van der Waals surface area contributed by atoms with Crippen LogP contribution in [0.2, 0.25) is 0 Å². The number of carbonyl (C=O) groups excluding carboxylic acids is 1. The number of anilines is 1. The summed E-state index contributed by atoms with van der Waals surface area (Å²) >= 11 is 0. The first-order valence-electron chi connectivity index (χ1n) is 9.53. The predicted octanol–water partition coefficient (Wildman–Crippen LogP) is 0.0215. The van der Waals surface area contributed by atoms with Gasteiger partial charge < -0.3 is 36.5 Å². The van der Waals surface area contributed by atoms with E-state index in [-0.39, 0.29) is 19.0 Å². The van der Waals surface area contributed by atoms with Crippen molar-refractivity contribution in [1.82, 2.24) is 30.2 Å². The van der Waals surface area contributed by atoms with Gasteiger partial charge in [0, 0.05) is 13.1 Å². The number of nitrogens with two attached hydrogens (primary N) is 2. The molecule has 0 unspecified atom stereocenters. The molecule has 0 aromatic carbocycles. The Kier molecular flexibility index (Phi) is 8.59. The number of aromatic nitrogens is 4. The van der Waals surface area contributed by atoms with Crippen molar-refractivity contribution >= 4 is 35.0 Å². The second-order valence-electron chi connectivity index (χ2n) is 6.58. The summed E-state index contributed by atoms with van der Waals surface area (Å²) in [5, 5.41) is 21.1. The summed E-state index contributed by atoms with van der Waals surface area (Å²) < 4.78 is 6.94. The summed E-state index contributed by atoms with van der Waals surface area (Å²) in [6, 6.07) is -1.06. The smallest absolute Gasteiger partial charge is 0.407 e. The molecule has 0 aliphatic heterocycles. The Morgan fingerprint density at radius 2 is 2.03 bits per heavy atom. The standard InChI is InChI=1S/C17H27N9O4/c18-13-12-14(23-9-22-13)26(10-24-12)7-2-1-3-8-30-17(29)25-11(15(27)28)5-4-6-21-16(19)20/h9-11H,1-8H2,(H,25,29)(H,27,28)(H2,18,22,23)(H4,19,20,21)/t11-/m0/s1. The number of carboxylic acids is 1. The van der Waals surface area contributed by atoms with Crippen LogP contribution in [0, 0.1) is 5.41 Å². The maximum Gasteiger partial charge on any atom is 0.407 e. The van der Waals surface area contributed by atoms with Gasteiger partial charge in [0.2, 0.25) is 0 Å². The second kappa shape index (κ2) is 11.4. The van der Waals surface area contributed by atoms with Gasteiger partial charge in [0.05, 0.1) is 12.9 Å². The Morgan fingerprint density at radius 1 is 1.23 bits per heavy atom. The van der Waals surface area contributed by atoms with Crippen molar-refractivity contribution in [2.24, 2.45) is 5.73 Å². The van der Waals surface area contributed by atoms with Crippen molar-refractivity contribution < 1.29 is 19.4 Å². The normalized spacial score (nSPS) is 11.7. The van der Waals surface area contributed by atoms with E-state index in [0.717, 1.165) is 12.8 Å². The molecule has 0 radical (unpaired) electrons. The van der Waals surface area contributed by atoms with Gasteiger partial charge in [-0.1, -0.05) is 0 Å². The zero-order chi connectivity index (χ0) is 21.9. The molecule has 0 bridgehead atoms. The van der Waals surface area contributed by atoms with Crippen LogP contribution in [0.1, 0.15) is 32.1 Å². The summed E-state index contributed by atoms with van der Waals surface area (Å²) in [6.07, 6.45) is 5.17. The molecule has 13 heteroatoms. The Labute approximate surface area is 172 Å². The number of alkyl carbamates (subject to hydrolysis) is 1. The summed E-state index contributed by atoms with van der Waals surface area (Å²) in [6.45, 7) is 1.22. The van der Waals surface area contributed by atoms with Crippen LogP contribution in [0.4, 0.5) is 10.6 Å². The highest BCUT2D eigenvalue weighted by Crippen LogP contribution is 2.14. The number of imidazole rings is 1. The number of hydrogen-bond donors (Lipinski definition) is 6. The van der Waals surface area contributed by atoms with Crippen molar-refractivity contribution in [1.29, 1.82) is 5.41 Å². The van der Waals surface area contributed by atoms with Gasteiger partial charge >= 0.3 is 12.1 Å². The van der Waals surface area contributed by atoms with Crippen LogP contribution in [0.3, 0.4) is 0 Å². The van der Waals surface area contributed by atoms with E-state index < -0.39 is 18.1 Å². The largest absolute Gasteiger partial charge is 0.480 e. The number of aliphatic carboxylic acids is 1. The Morgan fingerprint density at radius 3 is 2.77 bits per heavy atom. The molecular formula is C17H27N9O4. The van der Waals surface area contributed by atoms with E-state index in [0.29, 0.717) is 42.9 Å². The van der Waals surface area contributed by atoms with Gasteiger partial charge in [0.1, 0.15) is 17.9 Å². The molecule has 2 aromatic rings. The zero-order valence-corrected chi connectivity index (χ0v) is 16.5. The molecule has 164 valence electrons. The van der Waals surface area contributed by atoms with E-state index in [2.05, 4.69) is 25.6 Å². The maximum absolute atomic E-state index is 11.8. The Hall–Kier alpha value is -3.64. The lowest BCUT2D eigenvalue weighted by molar-refractivity contribution is -0.139. The summed E-state index contributed by atoms with van der Waals surface area (Å²) in [5.74, 6) is -0.993. The average Bonchev–Trinajstić information content (AvgIpc) is 3.11. The van der Waals surface area contributed by atoms with Crippen LogP contribution >= 0.6 is 0 Å². The van der Waals surface area contributed by atoms with Gasteiger partial charge in [-0.15, -0.1) is 0 Å². The Balaban J connectivity index is 1.62. The highest BCUT2D eigenvalue weighted by atomic mass is 16.5. The van der Waals surface area contributed by atoms with Crippen LogP contribution in [0.5, 0.6) is 0 Å². The number of aryl methyl sites for hydroxylation is 1. The number of nitrogens with one attached hydrogen (secondary N) is 3. The van der Waals surface area contributed by atoms with Crippen molar-refractivity contribution in [2.45, 2.75) is 44.7 Å². The minimum Gasteiger partial charge on any atom is -0.480 e. The average molecular weight is 421 g/mol. The molecule has 0 spiro atoms. The molecule has 13 nitrogen and oxygen atoms in total. The first-order chi connectivity index (χ1) is 14.4. The molecule has 0 saturated heterocycles. The van der Waals surface area contributed by atoms with Gasteiger partial charge in [0.25, 0.3) is 0 Å². The third-order valence-corrected chi connectivity index (χ3v) is 4.28. The predicted molar refractivity (Wildman–Crippen MR) is 109 cm³/mol. The molecule has 8 N–H and O–H groups in total. The summed E-state index contributed by atoms with van der Waals surface area (Å²) in [5.41, 5.74) is 12.2. The number of ether oxygens (including phenoxy) is 1. The third-order valence-electron chi connectivity index (χ3n) is 4.28. The van der Waals surface area contributed by atoms with Crippen LogP contribution < -0.4 is 22.1 Å². The van der Waals surface area contributed by atoms with Gasteiger partial charge in [-0.3, -0.25) is 5.41 Å². The lowest BCUT2D eigenvalue weighted by Crippen LogP contribution is -2.42. The van der Waals surface area contributed by atoms with E-state index in [9.17, 15) is 14.7 Å². The summed E-state index contributed by atoms with van der Waals surface area (Å²) in [7, 11) is 0. The van der Waals surface area contributed by atoms with Crippen LogP contribution in [0.25, 0.3) is 11.2 Å². The van der Waals surface area contributed by atoms with Gasteiger partial charge in [0.15, 0.2) is 17.4 Å². The number of carboxylic acid groups (broad SMARTS) is 1. The minimum atomic E-state index is -1.15. The molecular weight excluding hydrogens is 394 g/mol. The number of nitrogen functional groups attached to an aromatic ring is 1. The molecule has 0 fully saturated rings. The topological polar surface area (TPSA) is 207 Å². The van der Waals surface area contributed by atoms with E-state index in [4.69, 9.17) is 21.6 Å². The number of amides is 1. The quantitative estimate of drug-likeness (QED) is 0.154. The van der Waals surface area contributed by atoms with E-state index in [1.165, 1.54) is 6.33 Å². The number of fused-ring (bicyclic) bond motifs is 1. The molecule has 30 heavy (non-hydrogen) atoms. The SMILES string of the molecule is N=C(N)NCCC[C@H](NC(=O)OCCCCCn1cnc2c(N)ncnc21)C(=O)O. The number of rotatable bonds is 12. The van der Waals surface area contributed by atoms with E-state index in [1.807, 2.05) is 4.57 Å². The number of carbonyl (C=O) groups is 2. The molecule has 2 heterocycles. The van der Waals surface area contributed by atoms with Crippen LogP contribution in [-0.4, -0.2) is 61.8 Å². The first-order valence-corrected chi connectivity index (χ1v) is 9.53. The van der Waals surface area contributed by atoms with Crippen LogP contribution in [-0.2, 0) is 16.1 Å². The van der Waals surface area contributed by atoms with E-state index in [1.54, 1.807) is 6.33 Å². The highest BCUT2D eigenvalue weighted by molar-refractivity contribution is 5.81. The van der Waals surface area contributed by atoms with Crippen LogP contribution in [0.15, 0.2) is 12.7 Å². The van der Waals surface area contributed by atoms with Crippen molar-refractivity contribution in [2.75, 3.05) is 18.9 Å². The highest BCUT2D eigenvalue weighted by Gasteiger charge is 2.20. The molecule has 2 rings (SSSR count).